The van der Waals surface area contributed by atoms with Crippen molar-refractivity contribution < 1.29 is 9.32 Å². The van der Waals surface area contributed by atoms with Crippen LogP contribution in [0.1, 0.15) is 47.5 Å². The largest absolute Gasteiger partial charge is 0.364 e. The smallest absolute Gasteiger partial charge is 0.273 e. The number of hydrogen-bond acceptors (Lipinski definition) is 5. The molecule has 0 aliphatic rings. The Kier molecular flexibility index (Phi) is 4.31. The van der Waals surface area contributed by atoms with Crippen LogP contribution in [0.3, 0.4) is 0 Å². The van der Waals surface area contributed by atoms with Crippen molar-refractivity contribution in [1.29, 1.82) is 0 Å². The van der Waals surface area contributed by atoms with Gasteiger partial charge in [0.15, 0.2) is 0 Å². The molecule has 0 aromatic carbocycles. The maximum atomic E-state index is 12.3. The van der Waals surface area contributed by atoms with E-state index in [2.05, 4.69) is 17.1 Å². The summed E-state index contributed by atoms with van der Waals surface area (Å²) in [6, 6.07) is 1.63. The lowest BCUT2D eigenvalue weighted by Crippen LogP contribution is -2.30. The van der Waals surface area contributed by atoms with Gasteiger partial charge in [0, 0.05) is 18.5 Å². The van der Waals surface area contributed by atoms with Crippen molar-refractivity contribution in [2.24, 2.45) is 0 Å². The van der Waals surface area contributed by atoms with Gasteiger partial charge in [-0.2, -0.15) is 0 Å². The molecule has 1 amide bonds. The molecular formula is C13H17N3O2S. The Morgan fingerprint density at radius 1 is 1.58 bits per heavy atom. The number of hydrogen-bond donors (Lipinski definition) is 0. The SMILES string of the molecule is CCCc1nc(C(=O)N(C)C(C)c2ccon2)cs1. The first-order valence-corrected chi connectivity index (χ1v) is 7.13. The quantitative estimate of drug-likeness (QED) is 0.844. The zero-order valence-corrected chi connectivity index (χ0v) is 12.1. The minimum absolute atomic E-state index is 0.0888. The second-order valence-electron chi connectivity index (χ2n) is 4.39. The summed E-state index contributed by atoms with van der Waals surface area (Å²) < 4.78 is 4.81. The van der Waals surface area contributed by atoms with E-state index in [0.717, 1.165) is 23.5 Å². The average Bonchev–Trinajstić information content (AvgIpc) is 3.07. The molecule has 0 aliphatic heterocycles. The van der Waals surface area contributed by atoms with Gasteiger partial charge in [-0.25, -0.2) is 4.98 Å². The molecule has 102 valence electrons. The van der Waals surface area contributed by atoms with Crippen LogP contribution in [0.2, 0.25) is 0 Å². The third-order valence-corrected chi connectivity index (χ3v) is 3.93. The number of thiazole rings is 1. The van der Waals surface area contributed by atoms with Crippen molar-refractivity contribution in [3.8, 4) is 0 Å². The molecule has 1 atom stereocenters. The molecule has 0 bridgehead atoms. The average molecular weight is 279 g/mol. The highest BCUT2D eigenvalue weighted by molar-refractivity contribution is 7.09. The summed E-state index contributed by atoms with van der Waals surface area (Å²) in [5.74, 6) is -0.0888. The van der Waals surface area contributed by atoms with E-state index in [0.29, 0.717) is 5.69 Å². The van der Waals surface area contributed by atoms with Crippen molar-refractivity contribution in [2.45, 2.75) is 32.7 Å². The van der Waals surface area contributed by atoms with Crippen molar-refractivity contribution >= 4 is 17.2 Å². The molecule has 2 heterocycles. The van der Waals surface area contributed by atoms with Gasteiger partial charge < -0.3 is 9.42 Å². The molecule has 0 fully saturated rings. The number of carbonyl (C=O) groups is 1. The maximum absolute atomic E-state index is 12.3. The number of aryl methyl sites for hydroxylation is 1. The summed E-state index contributed by atoms with van der Waals surface area (Å²) >= 11 is 1.54. The number of aromatic nitrogens is 2. The van der Waals surface area contributed by atoms with Crippen LogP contribution in [-0.4, -0.2) is 28.0 Å². The second-order valence-corrected chi connectivity index (χ2v) is 5.34. The maximum Gasteiger partial charge on any atom is 0.273 e. The molecule has 0 radical (unpaired) electrons. The molecule has 5 nitrogen and oxygen atoms in total. The van der Waals surface area contributed by atoms with Gasteiger partial charge in [-0.05, 0) is 19.8 Å². The first kappa shape index (κ1) is 13.7. The Morgan fingerprint density at radius 3 is 3.00 bits per heavy atom. The van der Waals surface area contributed by atoms with E-state index >= 15 is 0 Å². The van der Waals surface area contributed by atoms with Gasteiger partial charge >= 0.3 is 0 Å². The first-order valence-electron chi connectivity index (χ1n) is 6.25. The molecular weight excluding hydrogens is 262 g/mol. The Morgan fingerprint density at radius 2 is 2.37 bits per heavy atom. The Labute approximate surface area is 116 Å². The highest BCUT2D eigenvalue weighted by Gasteiger charge is 2.22. The summed E-state index contributed by atoms with van der Waals surface area (Å²) in [7, 11) is 1.75. The van der Waals surface area contributed by atoms with Crippen LogP contribution in [0.4, 0.5) is 0 Å². The van der Waals surface area contributed by atoms with E-state index in [-0.39, 0.29) is 11.9 Å². The van der Waals surface area contributed by atoms with Gasteiger partial charge in [0.25, 0.3) is 5.91 Å². The van der Waals surface area contributed by atoms with Crippen LogP contribution in [0, 0.1) is 0 Å². The molecule has 2 aromatic rings. The summed E-state index contributed by atoms with van der Waals surface area (Å²) in [5, 5.41) is 6.69. The second kappa shape index (κ2) is 5.97. The van der Waals surface area contributed by atoms with Crippen LogP contribution in [0.5, 0.6) is 0 Å². The van der Waals surface area contributed by atoms with E-state index in [1.54, 1.807) is 18.0 Å². The zero-order chi connectivity index (χ0) is 13.8. The Hall–Kier alpha value is -1.69. The summed E-state index contributed by atoms with van der Waals surface area (Å²) in [6.45, 7) is 4.01. The van der Waals surface area contributed by atoms with E-state index in [1.807, 2.05) is 12.3 Å². The third kappa shape index (κ3) is 3.01. The molecule has 0 saturated heterocycles. The predicted molar refractivity (Wildman–Crippen MR) is 73.1 cm³/mol. The van der Waals surface area contributed by atoms with E-state index in [9.17, 15) is 4.79 Å². The number of nitrogens with zero attached hydrogens (tertiary/aromatic N) is 3. The van der Waals surface area contributed by atoms with Gasteiger partial charge in [0.1, 0.15) is 17.7 Å². The van der Waals surface area contributed by atoms with Gasteiger partial charge in [0.2, 0.25) is 0 Å². The first-order chi connectivity index (χ1) is 9.13. The molecule has 1 unspecified atom stereocenters. The van der Waals surface area contributed by atoms with Crippen molar-refractivity contribution in [2.75, 3.05) is 7.05 Å². The van der Waals surface area contributed by atoms with Crippen molar-refractivity contribution in [3.63, 3.8) is 0 Å². The fourth-order valence-corrected chi connectivity index (χ4v) is 2.60. The fourth-order valence-electron chi connectivity index (χ4n) is 1.73. The molecule has 0 aliphatic carbocycles. The molecule has 6 heteroatoms. The van der Waals surface area contributed by atoms with Crippen molar-refractivity contribution in [3.05, 3.63) is 34.1 Å². The molecule has 2 aromatic heterocycles. The van der Waals surface area contributed by atoms with E-state index in [4.69, 9.17) is 4.52 Å². The molecule has 0 saturated carbocycles. The Balaban J connectivity index is 2.09. The molecule has 0 N–H and O–H groups in total. The molecule has 19 heavy (non-hydrogen) atoms. The van der Waals surface area contributed by atoms with Crippen molar-refractivity contribution in [1.82, 2.24) is 15.0 Å². The van der Waals surface area contributed by atoms with Crippen LogP contribution in [0.25, 0.3) is 0 Å². The topological polar surface area (TPSA) is 59.2 Å². The predicted octanol–water partition coefficient (Wildman–Crippen LogP) is 2.92. The lowest BCUT2D eigenvalue weighted by Gasteiger charge is -2.22. The van der Waals surface area contributed by atoms with Gasteiger partial charge in [-0.15, -0.1) is 11.3 Å². The van der Waals surface area contributed by atoms with Gasteiger partial charge in [-0.3, -0.25) is 4.79 Å². The highest BCUT2D eigenvalue weighted by Crippen LogP contribution is 2.20. The lowest BCUT2D eigenvalue weighted by molar-refractivity contribution is 0.0732. The van der Waals surface area contributed by atoms with Gasteiger partial charge in [0.05, 0.1) is 11.0 Å². The van der Waals surface area contributed by atoms with E-state index in [1.165, 1.54) is 17.6 Å². The minimum Gasteiger partial charge on any atom is -0.364 e. The minimum atomic E-state index is -0.137. The summed E-state index contributed by atoms with van der Waals surface area (Å²) in [6.07, 6.45) is 3.46. The van der Waals surface area contributed by atoms with Crippen LogP contribution < -0.4 is 0 Å². The third-order valence-electron chi connectivity index (χ3n) is 3.02. The number of carbonyl (C=O) groups excluding carboxylic acids is 1. The zero-order valence-electron chi connectivity index (χ0n) is 11.3. The highest BCUT2D eigenvalue weighted by atomic mass is 32.1. The number of rotatable bonds is 5. The van der Waals surface area contributed by atoms with Crippen LogP contribution >= 0.6 is 11.3 Å². The van der Waals surface area contributed by atoms with E-state index < -0.39 is 0 Å². The van der Waals surface area contributed by atoms with Gasteiger partial charge in [-0.1, -0.05) is 12.1 Å². The molecule has 2 rings (SSSR count). The fraction of sp³-hybridized carbons (Fsp3) is 0.462. The van der Waals surface area contributed by atoms with Crippen LogP contribution in [0.15, 0.2) is 22.2 Å². The summed E-state index contributed by atoms with van der Waals surface area (Å²) in [5.41, 5.74) is 1.24. The number of amides is 1. The summed E-state index contributed by atoms with van der Waals surface area (Å²) in [4.78, 5) is 18.3. The van der Waals surface area contributed by atoms with Crippen LogP contribution in [-0.2, 0) is 6.42 Å². The standard InChI is InChI=1S/C13H17N3O2S/c1-4-5-12-14-11(8-19-12)13(17)16(3)9(2)10-6-7-18-15-10/h6-9H,4-5H2,1-3H3. The molecule has 0 spiro atoms. The monoisotopic (exact) mass is 279 g/mol. The lowest BCUT2D eigenvalue weighted by atomic mass is 10.2. The normalized spacial score (nSPS) is 12.4. The Bertz CT molecular complexity index is 536.